The lowest BCUT2D eigenvalue weighted by Gasteiger charge is -2.00. The number of benzene rings is 1. The van der Waals surface area contributed by atoms with E-state index in [1.165, 1.54) is 4.68 Å². The van der Waals surface area contributed by atoms with Crippen LogP contribution >= 0.6 is 23.4 Å². The van der Waals surface area contributed by atoms with Crippen LogP contribution in [0.4, 0.5) is 4.79 Å². The highest BCUT2D eigenvalue weighted by atomic mass is 35.5. The van der Waals surface area contributed by atoms with Crippen LogP contribution in [0.1, 0.15) is 10.4 Å². The zero-order valence-electron chi connectivity index (χ0n) is 10.5. The molecule has 1 aromatic carbocycles. The van der Waals surface area contributed by atoms with Gasteiger partial charge in [-0.2, -0.15) is 0 Å². The molecule has 2 rings (SSSR count). The van der Waals surface area contributed by atoms with E-state index >= 15 is 0 Å². The summed E-state index contributed by atoms with van der Waals surface area (Å²) in [5.74, 6) is -0.0270. The van der Waals surface area contributed by atoms with Crippen LogP contribution in [0.15, 0.2) is 54.9 Å². The van der Waals surface area contributed by atoms with Gasteiger partial charge in [-0.3, -0.25) is 9.59 Å². The summed E-state index contributed by atoms with van der Waals surface area (Å²) in [6.07, 6.45) is 3.42. The lowest BCUT2D eigenvalue weighted by molar-refractivity contribution is -0.640. The summed E-state index contributed by atoms with van der Waals surface area (Å²) in [6, 6.07) is 12.0. The highest BCUT2D eigenvalue weighted by Crippen LogP contribution is 2.12. The third-order valence-corrected chi connectivity index (χ3v) is 3.45. The van der Waals surface area contributed by atoms with E-state index in [9.17, 15) is 9.59 Å². The number of pyridine rings is 1. The van der Waals surface area contributed by atoms with Crippen molar-refractivity contribution in [2.45, 2.75) is 0 Å². The molecule has 0 saturated carbocycles. The first-order valence-electron chi connectivity index (χ1n) is 5.84. The smallest absolute Gasteiger partial charge is 0.293 e. The SMILES string of the molecule is O=C(N[n+]1ccccc1)SCC(=O)c1ccc(Cl)cc1. The van der Waals surface area contributed by atoms with E-state index in [0.717, 1.165) is 11.8 Å². The Morgan fingerprint density at radius 2 is 1.75 bits per heavy atom. The molecule has 6 heteroatoms. The van der Waals surface area contributed by atoms with Crippen LogP contribution in [0, 0.1) is 0 Å². The summed E-state index contributed by atoms with van der Waals surface area (Å²) in [5.41, 5.74) is 3.17. The first kappa shape index (κ1) is 14.6. The van der Waals surface area contributed by atoms with E-state index in [1.54, 1.807) is 48.8 Å². The Labute approximate surface area is 125 Å². The maximum absolute atomic E-state index is 11.9. The maximum atomic E-state index is 11.9. The van der Waals surface area contributed by atoms with Gasteiger partial charge in [-0.05, 0) is 24.3 Å². The fourth-order valence-electron chi connectivity index (χ4n) is 1.46. The summed E-state index contributed by atoms with van der Waals surface area (Å²) in [7, 11) is 0. The van der Waals surface area contributed by atoms with Gasteiger partial charge in [0.1, 0.15) is 0 Å². The number of halogens is 1. The summed E-state index contributed by atoms with van der Waals surface area (Å²) in [4.78, 5) is 23.5. The summed E-state index contributed by atoms with van der Waals surface area (Å²) < 4.78 is 1.53. The second kappa shape index (κ2) is 7.07. The van der Waals surface area contributed by atoms with Gasteiger partial charge in [-0.25, -0.2) is 0 Å². The van der Waals surface area contributed by atoms with Crippen LogP contribution in [0.3, 0.4) is 0 Å². The third kappa shape index (κ3) is 4.36. The van der Waals surface area contributed by atoms with Crippen LogP contribution in [0.2, 0.25) is 5.02 Å². The van der Waals surface area contributed by atoms with E-state index in [1.807, 2.05) is 6.07 Å². The number of aromatic nitrogens is 1. The number of hydrogen-bond acceptors (Lipinski definition) is 3. The molecule has 4 nitrogen and oxygen atoms in total. The van der Waals surface area contributed by atoms with E-state index in [-0.39, 0.29) is 16.8 Å². The van der Waals surface area contributed by atoms with Gasteiger partial charge >= 0.3 is 5.24 Å². The summed E-state index contributed by atoms with van der Waals surface area (Å²) in [5, 5.41) is 0.288. The van der Waals surface area contributed by atoms with Crippen molar-refractivity contribution in [3.8, 4) is 0 Å². The van der Waals surface area contributed by atoms with Crippen molar-refractivity contribution in [1.29, 1.82) is 0 Å². The Morgan fingerprint density at radius 3 is 2.40 bits per heavy atom. The number of nitrogens with zero attached hydrogens (tertiary/aromatic N) is 1. The van der Waals surface area contributed by atoms with Crippen molar-refractivity contribution in [3.63, 3.8) is 0 Å². The number of thioether (sulfide) groups is 1. The fraction of sp³-hybridized carbons (Fsp3) is 0.0714. The summed E-state index contributed by atoms with van der Waals surface area (Å²) >= 11 is 6.68. The van der Waals surface area contributed by atoms with Gasteiger partial charge in [0, 0.05) is 22.7 Å². The fourth-order valence-corrected chi connectivity index (χ4v) is 2.19. The molecule has 0 fully saturated rings. The standard InChI is InChI=1S/C14H11ClN2O2S/c15-12-6-4-11(5-7-12)13(18)10-20-14(19)16-17-8-2-1-3-9-17/h1-9H,10H2/p+1. The second-order valence-electron chi connectivity index (χ2n) is 3.90. The zero-order valence-corrected chi connectivity index (χ0v) is 12.0. The zero-order chi connectivity index (χ0) is 14.4. The molecule has 0 bridgehead atoms. The Kier molecular flexibility index (Phi) is 5.15. The third-order valence-electron chi connectivity index (χ3n) is 2.44. The minimum Gasteiger partial charge on any atom is -0.293 e. The van der Waals surface area contributed by atoms with Crippen LogP contribution in [-0.4, -0.2) is 16.8 Å². The molecule has 0 radical (unpaired) electrons. The molecule has 1 N–H and O–H groups in total. The number of rotatable bonds is 4. The van der Waals surface area contributed by atoms with Crippen molar-refractivity contribution in [2.24, 2.45) is 0 Å². The molecule has 0 aliphatic carbocycles. The van der Waals surface area contributed by atoms with Crippen LogP contribution < -0.4 is 10.1 Å². The second-order valence-corrected chi connectivity index (χ2v) is 5.29. The molecule has 1 amide bonds. The number of hydrogen-bond donors (Lipinski definition) is 1. The highest BCUT2D eigenvalue weighted by molar-refractivity contribution is 8.14. The van der Waals surface area contributed by atoms with Gasteiger partial charge < -0.3 is 0 Å². The molecule has 1 heterocycles. The Balaban J connectivity index is 1.84. The van der Waals surface area contributed by atoms with E-state index in [0.29, 0.717) is 10.6 Å². The summed E-state index contributed by atoms with van der Waals surface area (Å²) in [6.45, 7) is 0. The average molecular weight is 308 g/mol. The van der Waals surface area contributed by atoms with E-state index < -0.39 is 0 Å². The Hall–Kier alpha value is -1.85. The van der Waals surface area contributed by atoms with Gasteiger partial charge in [-0.1, -0.05) is 34.1 Å². The van der Waals surface area contributed by atoms with Crippen LogP contribution in [-0.2, 0) is 0 Å². The molecule has 0 aliphatic rings. The predicted octanol–water partition coefficient (Wildman–Crippen LogP) is 2.91. The molecular formula is C14H12ClN2O2S+. The molecule has 2 aromatic rings. The number of Topliss-reactive ketones (excluding diaryl/α,β-unsaturated/α-hetero) is 1. The van der Waals surface area contributed by atoms with E-state index in [2.05, 4.69) is 5.43 Å². The van der Waals surface area contributed by atoms with Crippen molar-refractivity contribution < 1.29 is 14.3 Å². The maximum Gasteiger partial charge on any atom is 0.333 e. The molecule has 1 aromatic heterocycles. The Bertz CT molecular complexity index is 602. The number of amides is 1. The quantitative estimate of drug-likeness (QED) is 0.698. The number of ketones is 1. The van der Waals surface area contributed by atoms with Gasteiger partial charge in [0.15, 0.2) is 18.2 Å². The largest absolute Gasteiger partial charge is 0.333 e. The van der Waals surface area contributed by atoms with E-state index in [4.69, 9.17) is 11.6 Å². The van der Waals surface area contributed by atoms with Crippen molar-refractivity contribution in [3.05, 3.63) is 65.4 Å². The molecule has 0 atom stereocenters. The van der Waals surface area contributed by atoms with Crippen LogP contribution in [0.5, 0.6) is 0 Å². The van der Waals surface area contributed by atoms with Crippen LogP contribution in [0.25, 0.3) is 0 Å². The molecule has 0 spiro atoms. The molecule has 20 heavy (non-hydrogen) atoms. The minimum absolute atomic E-state index is 0.0842. The first-order chi connectivity index (χ1) is 9.65. The molecular weight excluding hydrogens is 296 g/mol. The van der Waals surface area contributed by atoms with Crippen molar-refractivity contribution in [1.82, 2.24) is 0 Å². The van der Waals surface area contributed by atoms with Gasteiger partial charge in [0.05, 0.1) is 5.75 Å². The lowest BCUT2D eigenvalue weighted by Crippen LogP contribution is -2.46. The predicted molar refractivity (Wildman–Crippen MR) is 79.6 cm³/mol. The molecule has 102 valence electrons. The van der Waals surface area contributed by atoms with Gasteiger partial charge in [-0.15, -0.1) is 5.43 Å². The minimum atomic E-state index is -0.288. The average Bonchev–Trinajstić information content (AvgIpc) is 2.46. The van der Waals surface area contributed by atoms with Gasteiger partial charge in [0.25, 0.3) is 0 Å². The number of nitrogens with one attached hydrogen (secondary N) is 1. The highest BCUT2D eigenvalue weighted by Gasteiger charge is 2.12. The van der Waals surface area contributed by atoms with Crippen molar-refractivity contribution in [2.75, 3.05) is 11.2 Å². The monoisotopic (exact) mass is 307 g/mol. The molecule has 0 unspecified atom stereocenters. The Morgan fingerprint density at radius 1 is 1.10 bits per heavy atom. The first-order valence-corrected chi connectivity index (χ1v) is 7.20. The number of carbonyl (C=O) groups is 2. The number of carbonyl (C=O) groups excluding carboxylic acids is 2. The molecule has 0 aliphatic heterocycles. The normalized spacial score (nSPS) is 10.1. The molecule has 0 saturated heterocycles. The lowest BCUT2D eigenvalue weighted by atomic mass is 10.1. The van der Waals surface area contributed by atoms with Gasteiger partial charge in [0.2, 0.25) is 0 Å². The topological polar surface area (TPSA) is 50.1 Å². The van der Waals surface area contributed by atoms with Crippen molar-refractivity contribution >= 4 is 34.4 Å².